The molecule has 2 aromatic carbocycles. The molecule has 6 heteroatoms. The van der Waals surface area contributed by atoms with Crippen LogP contribution in [0.1, 0.15) is 73.1 Å². The molecular formula is C29H37N3O3. The van der Waals surface area contributed by atoms with Crippen molar-refractivity contribution in [3.63, 3.8) is 0 Å². The van der Waals surface area contributed by atoms with Gasteiger partial charge in [0, 0.05) is 6.54 Å². The number of nitrogens with one attached hydrogen (secondary N) is 2. The van der Waals surface area contributed by atoms with E-state index < -0.39 is 11.6 Å². The van der Waals surface area contributed by atoms with Gasteiger partial charge in [-0.1, -0.05) is 51.1 Å². The van der Waals surface area contributed by atoms with Crippen LogP contribution in [0.3, 0.4) is 0 Å². The Morgan fingerprint density at radius 3 is 2.37 bits per heavy atom. The summed E-state index contributed by atoms with van der Waals surface area (Å²) in [5.41, 5.74) is 7.18. The Morgan fingerprint density at radius 2 is 1.71 bits per heavy atom. The second-order valence-corrected chi connectivity index (χ2v) is 11.2. The quantitative estimate of drug-likeness (QED) is 0.614. The van der Waals surface area contributed by atoms with Gasteiger partial charge in [-0.05, 0) is 90.8 Å². The van der Waals surface area contributed by atoms with E-state index in [1.807, 2.05) is 12.1 Å². The predicted octanol–water partition coefficient (Wildman–Crippen LogP) is 4.22. The van der Waals surface area contributed by atoms with Crippen molar-refractivity contribution in [2.75, 3.05) is 13.1 Å². The Kier molecular flexibility index (Phi) is 6.52. The van der Waals surface area contributed by atoms with Crippen LogP contribution in [-0.2, 0) is 39.8 Å². The topological polar surface area (TPSA) is 78.5 Å². The summed E-state index contributed by atoms with van der Waals surface area (Å²) in [5, 5.41) is 5.70. The third kappa shape index (κ3) is 4.84. The van der Waals surface area contributed by atoms with Gasteiger partial charge in [-0.3, -0.25) is 14.5 Å². The van der Waals surface area contributed by atoms with Crippen LogP contribution < -0.4 is 10.6 Å². The second kappa shape index (κ2) is 9.14. The fraction of sp³-hybridized carbons (Fsp3) is 0.483. The minimum absolute atomic E-state index is 0.0827. The number of aryl methyl sites for hydroxylation is 4. The minimum atomic E-state index is -1.15. The third-order valence-electron chi connectivity index (χ3n) is 7.51. The number of rotatable bonds is 6. The SMILES string of the molecule is Cc1cc(C(C)(C)C)cc(C)c1CCNC(=O)CN1C(=O)NC(C)(c2ccc3c(c2)CCC3)C1=O. The van der Waals surface area contributed by atoms with E-state index in [1.54, 1.807) is 6.92 Å². The van der Waals surface area contributed by atoms with Gasteiger partial charge in [0.2, 0.25) is 5.91 Å². The monoisotopic (exact) mass is 475 g/mol. The Morgan fingerprint density at radius 1 is 1.06 bits per heavy atom. The van der Waals surface area contributed by atoms with Crippen LogP contribution in [0, 0.1) is 13.8 Å². The molecule has 0 saturated carbocycles. The lowest BCUT2D eigenvalue weighted by molar-refractivity contribution is -0.134. The predicted molar refractivity (Wildman–Crippen MR) is 137 cm³/mol. The molecule has 35 heavy (non-hydrogen) atoms. The molecule has 0 aromatic heterocycles. The molecule has 1 unspecified atom stereocenters. The van der Waals surface area contributed by atoms with Crippen molar-refractivity contribution in [3.8, 4) is 0 Å². The number of nitrogens with zero attached hydrogens (tertiary/aromatic N) is 1. The van der Waals surface area contributed by atoms with Crippen molar-refractivity contribution < 1.29 is 14.4 Å². The van der Waals surface area contributed by atoms with Gasteiger partial charge < -0.3 is 10.6 Å². The number of benzene rings is 2. The van der Waals surface area contributed by atoms with Gasteiger partial charge in [0.15, 0.2) is 0 Å². The van der Waals surface area contributed by atoms with Crippen LogP contribution in [0.5, 0.6) is 0 Å². The van der Waals surface area contributed by atoms with Crippen LogP contribution in [0.15, 0.2) is 30.3 Å². The molecule has 0 spiro atoms. The summed E-state index contributed by atoms with van der Waals surface area (Å²) in [6, 6.07) is 9.91. The lowest BCUT2D eigenvalue weighted by atomic mass is 9.83. The second-order valence-electron chi connectivity index (χ2n) is 11.2. The van der Waals surface area contributed by atoms with Crippen LogP contribution in [0.4, 0.5) is 4.79 Å². The Labute approximate surface area is 208 Å². The standard InChI is InChI=1S/C29H37N3O3/c1-18-14-23(28(3,4)5)15-19(2)24(18)12-13-30-25(33)17-32-26(34)29(6,31-27(32)35)22-11-10-20-8-7-9-21(20)16-22/h10-11,14-16H,7-9,12-13,17H2,1-6H3,(H,30,33)(H,31,35). The normalized spacial score (nSPS) is 19.7. The third-order valence-corrected chi connectivity index (χ3v) is 7.51. The number of hydrogen-bond donors (Lipinski definition) is 2. The number of carbonyl (C=O) groups excluding carboxylic acids is 3. The van der Waals surface area contributed by atoms with Gasteiger partial charge in [0.1, 0.15) is 12.1 Å². The van der Waals surface area contributed by atoms with Gasteiger partial charge in [0.05, 0.1) is 0 Å². The van der Waals surface area contributed by atoms with Gasteiger partial charge in [-0.25, -0.2) is 4.79 Å². The first-order valence-corrected chi connectivity index (χ1v) is 12.5. The summed E-state index contributed by atoms with van der Waals surface area (Å²) < 4.78 is 0. The molecule has 1 saturated heterocycles. The number of fused-ring (bicyclic) bond motifs is 1. The molecule has 2 aliphatic rings. The highest BCUT2D eigenvalue weighted by atomic mass is 16.2. The number of carbonyl (C=O) groups is 3. The lowest BCUT2D eigenvalue weighted by Crippen LogP contribution is -2.43. The zero-order chi connectivity index (χ0) is 25.5. The largest absolute Gasteiger partial charge is 0.354 e. The van der Waals surface area contributed by atoms with Crippen LogP contribution in [0.25, 0.3) is 0 Å². The fourth-order valence-corrected chi connectivity index (χ4v) is 5.27. The van der Waals surface area contributed by atoms with E-state index >= 15 is 0 Å². The maximum Gasteiger partial charge on any atom is 0.325 e. The Hall–Kier alpha value is -3.15. The molecule has 186 valence electrons. The molecule has 2 aromatic rings. The molecule has 2 N–H and O–H groups in total. The van der Waals surface area contributed by atoms with Gasteiger partial charge in [0.25, 0.3) is 5.91 Å². The summed E-state index contributed by atoms with van der Waals surface area (Å²) in [6.07, 6.45) is 3.85. The molecule has 1 heterocycles. The van der Waals surface area contributed by atoms with Crippen molar-refractivity contribution in [2.45, 2.75) is 78.2 Å². The van der Waals surface area contributed by atoms with Crippen molar-refractivity contribution in [1.29, 1.82) is 0 Å². The summed E-state index contributed by atoms with van der Waals surface area (Å²) in [6.45, 7) is 12.7. The Bertz CT molecular complexity index is 1170. The van der Waals surface area contributed by atoms with Crippen LogP contribution >= 0.6 is 0 Å². The smallest absolute Gasteiger partial charge is 0.325 e. The molecule has 1 aliphatic carbocycles. The number of imide groups is 1. The summed E-state index contributed by atoms with van der Waals surface area (Å²) in [7, 11) is 0. The maximum atomic E-state index is 13.2. The molecule has 6 nitrogen and oxygen atoms in total. The van der Waals surface area contributed by atoms with Crippen LogP contribution in [-0.4, -0.2) is 35.8 Å². The molecule has 1 fully saturated rings. The van der Waals surface area contributed by atoms with E-state index in [4.69, 9.17) is 0 Å². The van der Waals surface area contributed by atoms with E-state index in [1.165, 1.54) is 33.4 Å². The molecular weight excluding hydrogens is 438 g/mol. The van der Waals surface area contributed by atoms with E-state index in [0.717, 1.165) is 29.7 Å². The first kappa shape index (κ1) is 25.0. The van der Waals surface area contributed by atoms with Crippen molar-refractivity contribution in [2.24, 2.45) is 0 Å². The van der Waals surface area contributed by atoms with Crippen molar-refractivity contribution in [1.82, 2.24) is 15.5 Å². The minimum Gasteiger partial charge on any atom is -0.354 e. The molecule has 4 rings (SSSR count). The first-order valence-electron chi connectivity index (χ1n) is 12.5. The molecule has 0 radical (unpaired) electrons. The van der Waals surface area contributed by atoms with E-state index in [0.29, 0.717) is 13.0 Å². The summed E-state index contributed by atoms with van der Waals surface area (Å²) in [4.78, 5) is 39.6. The average molecular weight is 476 g/mol. The van der Waals surface area contributed by atoms with Crippen molar-refractivity contribution in [3.05, 3.63) is 69.3 Å². The number of hydrogen-bond acceptors (Lipinski definition) is 3. The van der Waals surface area contributed by atoms with E-state index in [-0.39, 0.29) is 23.8 Å². The van der Waals surface area contributed by atoms with Gasteiger partial charge in [-0.2, -0.15) is 0 Å². The van der Waals surface area contributed by atoms with Gasteiger partial charge in [-0.15, -0.1) is 0 Å². The van der Waals surface area contributed by atoms with E-state index in [2.05, 4.69) is 63.5 Å². The molecule has 0 bridgehead atoms. The summed E-state index contributed by atoms with van der Waals surface area (Å²) in [5.74, 6) is -0.728. The molecule has 1 aliphatic heterocycles. The number of urea groups is 1. The Balaban J connectivity index is 1.37. The zero-order valence-corrected chi connectivity index (χ0v) is 21.8. The average Bonchev–Trinajstić information content (AvgIpc) is 3.33. The van der Waals surface area contributed by atoms with E-state index in [9.17, 15) is 14.4 Å². The number of amides is 4. The summed E-state index contributed by atoms with van der Waals surface area (Å²) >= 11 is 0. The highest BCUT2D eigenvalue weighted by Crippen LogP contribution is 2.32. The van der Waals surface area contributed by atoms with Crippen LogP contribution in [0.2, 0.25) is 0 Å². The highest BCUT2D eigenvalue weighted by Gasteiger charge is 2.49. The molecule has 1 atom stereocenters. The molecule has 4 amide bonds. The first-order chi connectivity index (χ1) is 16.4. The maximum absolute atomic E-state index is 13.2. The van der Waals surface area contributed by atoms with Crippen molar-refractivity contribution >= 4 is 17.8 Å². The zero-order valence-electron chi connectivity index (χ0n) is 21.8. The van der Waals surface area contributed by atoms with Gasteiger partial charge >= 0.3 is 6.03 Å². The highest BCUT2D eigenvalue weighted by molar-refractivity contribution is 6.09. The lowest BCUT2D eigenvalue weighted by Gasteiger charge is -2.23. The fourth-order valence-electron chi connectivity index (χ4n) is 5.27.